The maximum absolute atomic E-state index is 5.92. The number of unbranched alkanes of at least 4 members (excludes halogenated alkanes) is 1. The van der Waals surface area contributed by atoms with Crippen molar-refractivity contribution in [2.45, 2.75) is 45.3 Å². The lowest BCUT2D eigenvalue weighted by Gasteiger charge is -2.06. The van der Waals surface area contributed by atoms with Crippen LogP contribution in [0.3, 0.4) is 0 Å². The standard InChI is InChI=1S/C24H25ClN4O2/c25-21-9-4-20(5-10-21)8-13-24-27-22(18-31-24)17-30-23-11-6-19(7-12-23)3-1-2-15-29-16-14-26-28-29/h4-7,9-12,14,16,18H,1-3,8,13,15,17H2. The number of halogens is 1. The van der Waals surface area contributed by atoms with E-state index in [1.807, 2.05) is 47.3 Å². The molecule has 6 nitrogen and oxygen atoms in total. The normalized spacial score (nSPS) is 11.0. The quantitative estimate of drug-likeness (QED) is 0.298. The van der Waals surface area contributed by atoms with E-state index < -0.39 is 0 Å². The van der Waals surface area contributed by atoms with Gasteiger partial charge in [0, 0.05) is 24.2 Å². The Hall–Kier alpha value is -3.12. The van der Waals surface area contributed by atoms with E-state index in [-0.39, 0.29) is 0 Å². The van der Waals surface area contributed by atoms with Gasteiger partial charge in [0.05, 0.1) is 6.20 Å². The number of ether oxygens (including phenoxy) is 1. The maximum atomic E-state index is 5.92. The monoisotopic (exact) mass is 436 g/mol. The maximum Gasteiger partial charge on any atom is 0.194 e. The minimum absolute atomic E-state index is 0.391. The van der Waals surface area contributed by atoms with Crippen molar-refractivity contribution in [3.8, 4) is 5.75 Å². The average molecular weight is 437 g/mol. The predicted octanol–water partition coefficient (Wildman–Crippen LogP) is 5.31. The Labute approximate surface area is 186 Å². The van der Waals surface area contributed by atoms with Crippen LogP contribution in [0.4, 0.5) is 0 Å². The van der Waals surface area contributed by atoms with E-state index in [1.165, 1.54) is 11.1 Å². The first-order chi connectivity index (χ1) is 15.2. The third-order valence-electron chi connectivity index (χ3n) is 5.02. The van der Waals surface area contributed by atoms with Gasteiger partial charge in [-0.2, -0.15) is 0 Å². The lowest BCUT2D eigenvalue weighted by molar-refractivity contribution is 0.301. The van der Waals surface area contributed by atoms with E-state index in [4.69, 9.17) is 20.8 Å². The number of benzene rings is 2. The van der Waals surface area contributed by atoms with Crippen molar-refractivity contribution in [3.63, 3.8) is 0 Å². The number of hydrogen-bond donors (Lipinski definition) is 0. The van der Waals surface area contributed by atoms with Gasteiger partial charge < -0.3 is 9.15 Å². The van der Waals surface area contributed by atoms with Crippen LogP contribution in [-0.4, -0.2) is 20.0 Å². The third-order valence-corrected chi connectivity index (χ3v) is 5.28. The van der Waals surface area contributed by atoms with Crippen molar-refractivity contribution in [3.05, 3.63) is 94.9 Å². The summed E-state index contributed by atoms with van der Waals surface area (Å²) in [5.74, 6) is 1.55. The van der Waals surface area contributed by atoms with Crippen molar-refractivity contribution in [1.29, 1.82) is 0 Å². The molecule has 4 rings (SSSR count). The summed E-state index contributed by atoms with van der Waals surface area (Å²) in [5, 5.41) is 8.54. The molecule has 0 unspecified atom stereocenters. The average Bonchev–Trinajstić information content (AvgIpc) is 3.48. The van der Waals surface area contributed by atoms with E-state index in [0.29, 0.717) is 6.61 Å². The summed E-state index contributed by atoms with van der Waals surface area (Å²) < 4.78 is 13.3. The van der Waals surface area contributed by atoms with Gasteiger partial charge in [0.2, 0.25) is 0 Å². The van der Waals surface area contributed by atoms with Gasteiger partial charge in [-0.25, -0.2) is 4.98 Å². The molecule has 0 aliphatic rings. The van der Waals surface area contributed by atoms with E-state index in [9.17, 15) is 0 Å². The van der Waals surface area contributed by atoms with Crippen LogP contribution in [0.15, 0.2) is 71.6 Å². The Morgan fingerprint density at radius 3 is 2.45 bits per heavy atom. The van der Waals surface area contributed by atoms with E-state index >= 15 is 0 Å². The van der Waals surface area contributed by atoms with Gasteiger partial charge >= 0.3 is 0 Å². The molecule has 0 radical (unpaired) electrons. The third kappa shape index (κ3) is 6.69. The summed E-state index contributed by atoms with van der Waals surface area (Å²) in [7, 11) is 0. The fourth-order valence-electron chi connectivity index (χ4n) is 3.30. The van der Waals surface area contributed by atoms with Crippen LogP contribution in [0, 0.1) is 0 Å². The first-order valence-electron chi connectivity index (χ1n) is 10.5. The number of nitrogens with zero attached hydrogens (tertiary/aromatic N) is 4. The fraction of sp³-hybridized carbons (Fsp3) is 0.292. The zero-order valence-electron chi connectivity index (χ0n) is 17.3. The van der Waals surface area contributed by atoms with Crippen LogP contribution < -0.4 is 4.74 Å². The van der Waals surface area contributed by atoms with Crippen molar-refractivity contribution in [1.82, 2.24) is 20.0 Å². The van der Waals surface area contributed by atoms with Gasteiger partial charge in [0.25, 0.3) is 0 Å². The van der Waals surface area contributed by atoms with Crippen LogP contribution in [0.25, 0.3) is 0 Å². The van der Waals surface area contributed by atoms with Crippen LogP contribution in [0.1, 0.15) is 35.6 Å². The molecule has 0 amide bonds. The second-order valence-corrected chi connectivity index (χ2v) is 7.85. The second kappa shape index (κ2) is 10.8. The molecule has 0 saturated heterocycles. The molecule has 0 bridgehead atoms. The second-order valence-electron chi connectivity index (χ2n) is 7.41. The molecule has 0 aliphatic carbocycles. The fourth-order valence-corrected chi connectivity index (χ4v) is 3.42. The number of aromatic nitrogens is 4. The highest BCUT2D eigenvalue weighted by atomic mass is 35.5. The van der Waals surface area contributed by atoms with E-state index in [0.717, 1.165) is 61.0 Å². The molecule has 7 heteroatoms. The van der Waals surface area contributed by atoms with Gasteiger partial charge in [0.1, 0.15) is 24.3 Å². The molecule has 0 atom stereocenters. The first kappa shape index (κ1) is 21.1. The molecular weight excluding hydrogens is 412 g/mol. The van der Waals surface area contributed by atoms with Crippen molar-refractivity contribution in [2.75, 3.05) is 0 Å². The summed E-state index contributed by atoms with van der Waals surface area (Å²) in [6, 6.07) is 16.1. The first-order valence-corrected chi connectivity index (χ1v) is 10.9. The smallest absolute Gasteiger partial charge is 0.194 e. The van der Waals surface area contributed by atoms with Gasteiger partial charge in [0.15, 0.2) is 5.89 Å². The van der Waals surface area contributed by atoms with Crippen LogP contribution in [0.5, 0.6) is 5.75 Å². The molecule has 2 heterocycles. The molecular formula is C24H25ClN4O2. The topological polar surface area (TPSA) is 66.0 Å². The number of rotatable bonds is 11. The summed E-state index contributed by atoms with van der Waals surface area (Å²) in [6.07, 6.45) is 10.1. The Morgan fingerprint density at radius 1 is 0.903 bits per heavy atom. The van der Waals surface area contributed by atoms with Gasteiger partial charge in [-0.15, -0.1) is 5.10 Å². The molecule has 0 N–H and O–H groups in total. The van der Waals surface area contributed by atoms with Crippen LogP contribution in [-0.2, 0) is 32.4 Å². The lowest BCUT2D eigenvalue weighted by atomic mass is 10.1. The Morgan fingerprint density at radius 2 is 1.68 bits per heavy atom. The number of hydrogen-bond acceptors (Lipinski definition) is 5. The lowest BCUT2D eigenvalue weighted by Crippen LogP contribution is -1.99. The Balaban J connectivity index is 1.17. The predicted molar refractivity (Wildman–Crippen MR) is 119 cm³/mol. The van der Waals surface area contributed by atoms with Crippen molar-refractivity contribution in [2.24, 2.45) is 0 Å². The largest absolute Gasteiger partial charge is 0.487 e. The highest BCUT2D eigenvalue weighted by molar-refractivity contribution is 6.30. The molecule has 4 aromatic rings. The SMILES string of the molecule is Clc1ccc(CCc2nc(COc3ccc(CCCCn4ccnn4)cc3)co2)cc1. The molecule has 0 spiro atoms. The minimum Gasteiger partial charge on any atom is -0.487 e. The molecule has 0 aliphatic heterocycles. The minimum atomic E-state index is 0.391. The Kier molecular flexibility index (Phi) is 7.34. The molecule has 0 fully saturated rings. The highest BCUT2D eigenvalue weighted by Crippen LogP contribution is 2.17. The molecule has 160 valence electrons. The van der Waals surface area contributed by atoms with Crippen molar-refractivity contribution < 1.29 is 9.15 Å². The summed E-state index contributed by atoms with van der Waals surface area (Å²) in [6.45, 7) is 1.29. The van der Waals surface area contributed by atoms with Crippen LogP contribution in [0.2, 0.25) is 5.02 Å². The van der Waals surface area contributed by atoms with Gasteiger partial charge in [-0.1, -0.05) is 41.1 Å². The van der Waals surface area contributed by atoms with E-state index in [2.05, 4.69) is 27.4 Å². The van der Waals surface area contributed by atoms with Gasteiger partial charge in [-0.3, -0.25) is 4.68 Å². The van der Waals surface area contributed by atoms with Gasteiger partial charge in [-0.05, 0) is 61.1 Å². The van der Waals surface area contributed by atoms with E-state index in [1.54, 1.807) is 12.5 Å². The molecule has 31 heavy (non-hydrogen) atoms. The highest BCUT2D eigenvalue weighted by Gasteiger charge is 2.06. The molecule has 0 saturated carbocycles. The summed E-state index contributed by atoms with van der Waals surface area (Å²) in [5.41, 5.74) is 3.30. The van der Waals surface area contributed by atoms with Crippen LogP contribution >= 0.6 is 11.6 Å². The summed E-state index contributed by atoms with van der Waals surface area (Å²) >= 11 is 5.92. The van der Waals surface area contributed by atoms with Crippen molar-refractivity contribution >= 4 is 11.6 Å². The molecule has 2 aromatic carbocycles. The Bertz CT molecular complexity index is 1040. The zero-order chi connectivity index (χ0) is 21.3. The number of aryl methyl sites for hydroxylation is 4. The zero-order valence-corrected chi connectivity index (χ0v) is 18.0. The molecule has 2 aromatic heterocycles. The number of oxazole rings is 1. The summed E-state index contributed by atoms with van der Waals surface area (Å²) in [4.78, 5) is 4.52.